The van der Waals surface area contributed by atoms with E-state index in [2.05, 4.69) is 4.98 Å². The first-order valence-electron chi connectivity index (χ1n) is 7.09. The van der Waals surface area contributed by atoms with Crippen LogP contribution in [0.3, 0.4) is 0 Å². The summed E-state index contributed by atoms with van der Waals surface area (Å²) in [5.41, 5.74) is 7.15. The van der Waals surface area contributed by atoms with E-state index in [1.807, 2.05) is 13.0 Å². The Balaban J connectivity index is 2.02. The van der Waals surface area contributed by atoms with Gasteiger partial charge in [-0.1, -0.05) is 6.07 Å². The van der Waals surface area contributed by atoms with Crippen molar-refractivity contribution in [2.45, 2.75) is 25.8 Å². The summed E-state index contributed by atoms with van der Waals surface area (Å²) >= 11 is 0. The molecule has 2 aromatic rings. The van der Waals surface area contributed by atoms with Crippen LogP contribution in [0.2, 0.25) is 0 Å². The molecule has 0 spiro atoms. The van der Waals surface area contributed by atoms with E-state index in [4.69, 9.17) is 5.73 Å². The second-order valence-corrected chi connectivity index (χ2v) is 5.57. The van der Waals surface area contributed by atoms with E-state index in [1.165, 1.54) is 10.6 Å². The van der Waals surface area contributed by atoms with Gasteiger partial charge in [0.05, 0.1) is 0 Å². The summed E-state index contributed by atoms with van der Waals surface area (Å²) in [4.78, 5) is 30.9. The number of aryl methyl sites for hydroxylation is 1. The zero-order valence-corrected chi connectivity index (χ0v) is 12.0. The second kappa shape index (κ2) is 5.29. The van der Waals surface area contributed by atoms with E-state index in [0.29, 0.717) is 18.7 Å². The lowest BCUT2D eigenvalue weighted by Gasteiger charge is -2.30. The number of likely N-dealkylation sites (tertiary alicyclic amines) is 1. The highest BCUT2D eigenvalue weighted by Crippen LogP contribution is 2.11. The van der Waals surface area contributed by atoms with Gasteiger partial charge in [0, 0.05) is 31.5 Å². The zero-order chi connectivity index (χ0) is 15.0. The highest BCUT2D eigenvalue weighted by atomic mass is 16.2. The summed E-state index contributed by atoms with van der Waals surface area (Å²) in [6.07, 6.45) is 4.85. The normalized spacial score (nSPS) is 19.0. The molecule has 1 amide bonds. The third-order valence-electron chi connectivity index (χ3n) is 3.83. The minimum absolute atomic E-state index is 0.0129. The molecule has 2 N–H and O–H groups in total. The van der Waals surface area contributed by atoms with Crippen LogP contribution in [-0.4, -0.2) is 39.3 Å². The fourth-order valence-electron chi connectivity index (χ4n) is 2.69. The maximum Gasteiger partial charge on any atom is 0.270 e. The maximum absolute atomic E-state index is 12.5. The van der Waals surface area contributed by atoms with Gasteiger partial charge in [0.2, 0.25) is 0 Å². The number of nitrogens with two attached hydrogens (primary N) is 1. The smallest absolute Gasteiger partial charge is 0.270 e. The van der Waals surface area contributed by atoms with Gasteiger partial charge in [-0.2, -0.15) is 0 Å². The van der Waals surface area contributed by atoms with E-state index < -0.39 is 0 Å². The molecule has 1 atom stereocenters. The summed E-state index contributed by atoms with van der Waals surface area (Å²) in [7, 11) is 0. The Morgan fingerprint density at radius 2 is 2.24 bits per heavy atom. The van der Waals surface area contributed by atoms with Crippen LogP contribution in [0.25, 0.3) is 5.65 Å². The van der Waals surface area contributed by atoms with Crippen molar-refractivity contribution in [2.75, 3.05) is 13.1 Å². The number of hydrogen-bond donors (Lipinski definition) is 1. The molecular formula is C15H18N4O2. The molecule has 6 heteroatoms. The highest BCUT2D eigenvalue weighted by Gasteiger charge is 2.24. The Kier molecular flexibility index (Phi) is 3.47. The number of carbonyl (C=O) groups is 1. The number of piperidine rings is 1. The van der Waals surface area contributed by atoms with Crippen molar-refractivity contribution in [3.05, 3.63) is 46.0 Å². The number of pyridine rings is 1. The molecule has 3 heterocycles. The maximum atomic E-state index is 12.5. The summed E-state index contributed by atoms with van der Waals surface area (Å²) in [5, 5.41) is 0. The van der Waals surface area contributed by atoms with Gasteiger partial charge >= 0.3 is 0 Å². The van der Waals surface area contributed by atoms with E-state index >= 15 is 0 Å². The minimum atomic E-state index is -0.326. The van der Waals surface area contributed by atoms with E-state index in [0.717, 1.165) is 18.4 Å². The van der Waals surface area contributed by atoms with E-state index in [-0.39, 0.29) is 23.1 Å². The highest BCUT2D eigenvalue weighted by molar-refractivity contribution is 5.93. The molecule has 0 saturated carbocycles. The van der Waals surface area contributed by atoms with Gasteiger partial charge in [-0.05, 0) is 31.4 Å². The summed E-state index contributed by atoms with van der Waals surface area (Å²) < 4.78 is 1.42. The summed E-state index contributed by atoms with van der Waals surface area (Å²) in [5.74, 6) is -0.279. The molecule has 1 fully saturated rings. The molecule has 1 saturated heterocycles. The van der Waals surface area contributed by atoms with Crippen molar-refractivity contribution in [1.82, 2.24) is 14.3 Å². The first-order valence-corrected chi connectivity index (χ1v) is 7.09. The SMILES string of the molecule is Cc1ccc2ncc(C(=O)N3CCCC(N)C3)c(=O)n2c1. The fourth-order valence-corrected chi connectivity index (χ4v) is 2.69. The molecule has 1 aliphatic heterocycles. The average molecular weight is 286 g/mol. The van der Waals surface area contributed by atoms with Gasteiger partial charge in [0.15, 0.2) is 0 Å². The first-order chi connectivity index (χ1) is 10.1. The Labute approximate surface area is 122 Å². The number of carbonyl (C=O) groups excluding carboxylic acids is 1. The van der Waals surface area contributed by atoms with Gasteiger partial charge in [0.25, 0.3) is 11.5 Å². The lowest BCUT2D eigenvalue weighted by molar-refractivity contribution is 0.0706. The molecule has 1 aliphatic rings. The van der Waals surface area contributed by atoms with Gasteiger partial charge < -0.3 is 10.6 Å². The third kappa shape index (κ3) is 2.54. The average Bonchev–Trinajstić information content (AvgIpc) is 2.47. The molecule has 2 aromatic heterocycles. The molecule has 6 nitrogen and oxygen atoms in total. The number of aromatic nitrogens is 2. The third-order valence-corrected chi connectivity index (χ3v) is 3.83. The molecule has 3 rings (SSSR count). The van der Waals surface area contributed by atoms with Crippen LogP contribution < -0.4 is 11.3 Å². The molecule has 0 bridgehead atoms. The minimum Gasteiger partial charge on any atom is -0.337 e. The predicted octanol–water partition coefficient (Wildman–Crippen LogP) is 0.566. The molecule has 110 valence electrons. The van der Waals surface area contributed by atoms with Crippen LogP contribution in [-0.2, 0) is 0 Å². The Bertz CT molecular complexity index is 753. The van der Waals surface area contributed by atoms with Crippen molar-refractivity contribution >= 4 is 11.6 Å². The number of amides is 1. The largest absolute Gasteiger partial charge is 0.337 e. The Morgan fingerprint density at radius 1 is 1.43 bits per heavy atom. The first kappa shape index (κ1) is 13.8. The van der Waals surface area contributed by atoms with Crippen LogP contribution in [0.5, 0.6) is 0 Å². The van der Waals surface area contributed by atoms with Gasteiger partial charge in [-0.15, -0.1) is 0 Å². The van der Waals surface area contributed by atoms with Crippen LogP contribution in [0.4, 0.5) is 0 Å². The summed E-state index contributed by atoms with van der Waals surface area (Å²) in [6.45, 7) is 3.03. The van der Waals surface area contributed by atoms with Gasteiger partial charge in [-0.3, -0.25) is 14.0 Å². The predicted molar refractivity (Wildman–Crippen MR) is 79.3 cm³/mol. The van der Waals surface area contributed by atoms with Crippen molar-refractivity contribution in [2.24, 2.45) is 5.73 Å². The second-order valence-electron chi connectivity index (χ2n) is 5.57. The van der Waals surface area contributed by atoms with Crippen LogP contribution >= 0.6 is 0 Å². The van der Waals surface area contributed by atoms with Crippen molar-refractivity contribution in [3.8, 4) is 0 Å². The van der Waals surface area contributed by atoms with Gasteiger partial charge in [0.1, 0.15) is 11.2 Å². The Hall–Kier alpha value is -2.21. The molecule has 21 heavy (non-hydrogen) atoms. The lowest BCUT2D eigenvalue weighted by Crippen LogP contribution is -2.47. The quantitative estimate of drug-likeness (QED) is 0.831. The number of rotatable bonds is 1. The number of hydrogen-bond acceptors (Lipinski definition) is 4. The van der Waals surface area contributed by atoms with Gasteiger partial charge in [-0.25, -0.2) is 4.98 Å². The summed E-state index contributed by atoms with van der Waals surface area (Å²) in [6, 6.07) is 3.63. The van der Waals surface area contributed by atoms with Crippen LogP contribution in [0.15, 0.2) is 29.3 Å². The van der Waals surface area contributed by atoms with Crippen LogP contribution in [0, 0.1) is 6.92 Å². The fraction of sp³-hybridized carbons (Fsp3) is 0.400. The molecular weight excluding hydrogens is 268 g/mol. The molecule has 0 radical (unpaired) electrons. The topological polar surface area (TPSA) is 80.7 Å². The van der Waals surface area contributed by atoms with Crippen molar-refractivity contribution in [1.29, 1.82) is 0 Å². The van der Waals surface area contributed by atoms with E-state index in [1.54, 1.807) is 17.2 Å². The number of nitrogens with zero attached hydrogens (tertiary/aromatic N) is 3. The number of fused-ring (bicyclic) bond motifs is 1. The lowest BCUT2D eigenvalue weighted by atomic mass is 10.1. The van der Waals surface area contributed by atoms with E-state index in [9.17, 15) is 9.59 Å². The standard InChI is InChI=1S/C15H18N4O2/c1-10-4-5-13-17-7-12(15(21)19(13)8-10)14(20)18-6-2-3-11(16)9-18/h4-5,7-8,11H,2-3,6,9,16H2,1H3. The van der Waals surface area contributed by atoms with Crippen LogP contribution in [0.1, 0.15) is 28.8 Å². The molecule has 0 aromatic carbocycles. The van der Waals surface area contributed by atoms with Crippen molar-refractivity contribution in [3.63, 3.8) is 0 Å². The van der Waals surface area contributed by atoms with Crippen molar-refractivity contribution < 1.29 is 4.79 Å². The monoisotopic (exact) mass is 286 g/mol. The zero-order valence-electron chi connectivity index (χ0n) is 12.0. The molecule has 1 unspecified atom stereocenters. The molecule has 0 aliphatic carbocycles. The Morgan fingerprint density at radius 3 is 3.00 bits per heavy atom.